The molecule has 0 aliphatic carbocycles. The number of benzene rings is 1. The van der Waals surface area contributed by atoms with Crippen molar-refractivity contribution in [2.24, 2.45) is 0 Å². The molecule has 94 valence electrons. The summed E-state index contributed by atoms with van der Waals surface area (Å²) in [6, 6.07) is 5.24. The van der Waals surface area contributed by atoms with Crippen molar-refractivity contribution in [3.8, 4) is 16.9 Å². The predicted octanol–water partition coefficient (Wildman–Crippen LogP) is 1.89. The van der Waals surface area contributed by atoms with Crippen molar-refractivity contribution in [3.63, 3.8) is 0 Å². The Balaban J connectivity index is 2.49. The highest BCUT2D eigenvalue weighted by Gasteiger charge is 2.13. The molecule has 6 heteroatoms. The number of hydrogen-bond acceptors (Lipinski definition) is 5. The minimum absolute atomic E-state index is 0.149. The SMILES string of the molecule is COc1ccc(NC(C)=O)cc1-c1cnoc1N. The maximum absolute atomic E-state index is 11.0. The highest BCUT2D eigenvalue weighted by molar-refractivity contribution is 5.90. The summed E-state index contributed by atoms with van der Waals surface area (Å²) in [6.07, 6.45) is 1.50. The molecule has 3 N–H and O–H groups in total. The van der Waals surface area contributed by atoms with Gasteiger partial charge in [0.1, 0.15) is 5.75 Å². The average molecular weight is 247 g/mol. The van der Waals surface area contributed by atoms with Gasteiger partial charge in [0.25, 0.3) is 0 Å². The normalized spacial score (nSPS) is 10.1. The van der Waals surface area contributed by atoms with Crippen molar-refractivity contribution < 1.29 is 14.1 Å². The molecule has 0 aliphatic heterocycles. The quantitative estimate of drug-likeness (QED) is 0.864. The van der Waals surface area contributed by atoms with Crippen LogP contribution in [0.3, 0.4) is 0 Å². The molecule has 2 aromatic rings. The fourth-order valence-corrected chi connectivity index (χ4v) is 1.65. The fraction of sp³-hybridized carbons (Fsp3) is 0.167. The lowest BCUT2D eigenvalue weighted by Gasteiger charge is -2.09. The fourth-order valence-electron chi connectivity index (χ4n) is 1.65. The van der Waals surface area contributed by atoms with E-state index in [1.807, 2.05) is 0 Å². The van der Waals surface area contributed by atoms with Crippen molar-refractivity contribution >= 4 is 17.5 Å². The first-order chi connectivity index (χ1) is 8.61. The van der Waals surface area contributed by atoms with E-state index in [9.17, 15) is 4.79 Å². The van der Waals surface area contributed by atoms with Gasteiger partial charge in [-0.3, -0.25) is 4.79 Å². The Kier molecular flexibility index (Phi) is 3.18. The number of hydrogen-bond donors (Lipinski definition) is 2. The van der Waals surface area contributed by atoms with Crippen LogP contribution in [0.5, 0.6) is 5.75 Å². The van der Waals surface area contributed by atoms with E-state index in [-0.39, 0.29) is 11.8 Å². The summed E-state index contributed by atoms with van der Waals surface area (Å²) in [6.45, 7) is 1.44. The van der Waals surface area contributed by atoms with Crippen molar-refractivity contribution in [1.29, 1.82) is 0 Å². The van der Waals surface area contributed by atoms with Gasteiger partial charge in [-0.05, 0) is 18.2 Å². The number of anilines is 2. The lowest BCUT2D eigenvalue weighted by atomic mass is 10.1. The second-order valence-electron chi connectivity index (χ2n) is 3.70. The molecule has 6 nitrogen and oxygen atoms in total. The predicted molar refractivity (Wildman–Crippen MR) is 67.2 cm³/mol. The van der Waals surface area contributed by atoms with E-state index in [1.54, 1.807) is 25.3 Å². The van der Waals surface area contributed by atoms with E-state index in [2.05, 4.69) is 10.5 Å². The van der Waals surface area contributed by atoms with Crippen LogP contribution in [0.25, 0.3) is 11.1 Å². The van der Waals surface area contributed by atoms with Gasteiger partial charge in [-0.15, -0.1) is 0 Å². The molecule has 0 bridgehead atoms. The van der Waals surface area contributed by atoms with Gasteiger partial charge in [0, 0.05) is 18.2 Å². The minimum atomic E-state index is -0.149. The molecule has 0 atom stereocenters. The number of nitrogens with two attached hydrogens (primary N) is 1. The Morgan fingerprint density at radius 3 is 2.78 bits per heavy atom. The molecule has 0 saturated carbocycles. The van der Waals surface area contributed by atoms with Crippen LogP contribution in [-0.2, 0) is 4.79 Å². The molecule has 1 amide bonds. The Morgan fingerprint density at radius 1 is 1.44 bits per heavy atom. The van der Waals surface area contributed by atoms with Crippen LogP contribution in [0.4, 0.5) is 11.6 Å². The number of methoxy groups -OCH3 is 1. The van der Waals surface area contributed by atoms with Gasteiger partial charge < -0.3 is 20.3 Å². The van der Waals surface area contributed by atoms with Crippen LogP contribution in [0.1, 0.15) is 6.92 Å². The zero-order valence-corrected chi connectivity index (χ0v) is 10.1. The molecule has 0 saturated heterocycles. The third-order valence-electron chi connectivity index (χ3n) is 2.41. The maximum atomic E-state index is 11.0. The van der Waals surface area contributed by atoms with E-state index < -0.39 is 0 Å². The number of carbonyl (C=O) groups excluding carboxylic acids is 1. The van der Waals surface area contributed by atoms with Crippen LogP contribution in [-0.4, -0.2) is 18.2 Å². The summed E-state index contributed by atoms with van der Waals surface area (Å²) < 4.78 is 10.1. The lowest BCUT2D eigenvalue weighted by Crippen LogP contribution is -2.05. The Bertz CT molecular complexity index is 578. The maximum Gasteiger partial charge on any atom is 0.230 e. The average Bonchev–Trinajstić information content (AvgIpc) is 2.74. The van der Waals surface area contributed by atoms with Crippen molar-refractivity contribution in [2.45, 2.75) is 6.92 Å². The molecular weight excluding hydrogens is 234 g/mol. The number of nitrogens with zero attached hydrogens (tertiary/aromatic N) is 1. The number of amides is 1. The summed E-state index contributed by atoms with van der Waals surface area (Å²) in [7, 11) is 1.56. The number of aromatic nitrogens is 1. The standard InChI is InChI=1S/C12H13N3O3/c1-7(16)15-8-3-4-11(17-2)9(5-8)10-6-14-18-12(10)13/h3-6H,13H2,1-2H3,(H,15,16). The third kappa shape index (κ3) is 2.27. The van der Waals surface area contributed by atoms with Crippen LogP contribution in [0.15, 0.2) is 28.9 Å². The molecule has 1 aromatic carbocycles. The van der Waals surface area contributed by atoms with Gasteiger partial charge in [0.05, 0.1) is 18.9 Å². The lowest BCUT2D eigenvalue weighted by molar-refractivity contribution is -0.114. The third-order valence-corrected chi connectivity index (χ3v) is 2.41. The van der Waals surface area contributed by atoms with E-state index in [4.69, 9.17) is 15.0 Å². The summed E-state index contributed by atoms with van der Waals surface area (Å²) in [5.41, 5.74) is 7.66. The molecule has 18 heavy (non-hydrogen) atoms. The van der Waals surface area contributed by atoms with Crippen LogP contribution >= 0.6 is 0 Å². The van der Waals surface area contributed by atoms with Gasteiger partial charge in [-0.1, -0.05) is 5.16 Å². The summed E-state index contributed by atoms with van der Waals surface area (Å²) in [5, 5.41) is 6.31. The zero-order valence-electron chi connectivity index (χ0n) is 10.1. The molecule has 0 aliphatic rings. The Hall–Kier alpha value is -2.50. The molecule has 0 spiro atoms. The van der Waals surface area contributed by atoms with Gasteiger partial charge in [-0.25, -0.2) is 0 Å². The van der Waals surface area contributed by atoms with Crippen LogP contribution < -0.4 is 15.8 Å². The van der Waals surface area contributed by atoms with Crippen LogP contribution in [0.2, 0.25) is 0 Å². The Labute approximate surface area is 104 Å². The van der Waals surface area contributed by atoms with E-state index in [0.29, 0.717) is 22.6 Å². The second-order valence-corrected chi connectivity index (χ2v) is 3.70. The molecule has 0 fully saturated rings. The molecule has 0 unspecified atom stereocenters. The topological polar surface area (TPSA) is 90.4 Å². The Morgan fingerprint density at radius 2 is 2.22 bits per heavy atom. The smallest absolute Gasteiger partial charge is 0.230 e. The largest absolute Gasteiger partial charge is 0.496 e. The van der Waals surface area contributed by atoms with Crippen molar-refractivity contribution in [1.82, 2.24) is 5.16 Å². The molecular formula is C12H13N3O3. The molecule has 1 aromatic heterocycles. The van der Waals surface area contributed by atoms with Gasteiger partial charge in [0.2, 0.25) is 11.8 Å². The number of ether oxygens (including phenoxy) is 1. The molecule has 0 radical (unpaired) electrons. The summed E-state index contributed by atoms with van der Waals surface area (Å²) in [5.74, 6) is 0.677. The van der Waals surface area contributed by atoms with Crippen molar-refractivity contribution in [3.05, 3.63) is 24.4 Å². The number of nitrogen functional groups attached to an aromatic ring is 1. The number of nitrogens with one attached hydrogen (secondary N) is 1. The highest BCUT2D eigenvalue weighted by atomic mass is 16.5. The van der Waals surface area contributed by atoms with Crippen LogP contribution in [0, 0.1) is 0 Å². The number of carbonyl (C=O) groups is 1. The molecule has 1 heterocycles. The van der Waals surface area contributed by atoms with Gasteiger partial charge >= 0.3 is 0 Å². The summed E-state index contributed by atoms with van der Waals surface area (Å²) in [4.78, 5) is 11.0. The number of rotatable bonds is 3. The van der Waals surface area contributed by atoms with Crippen molar-refractivity contribution in [2.75, 3.05) is 18.2 Å². The first-order valence-corrected chi connectivity index (χ1v) is 5.28. The second kappa shape index (κ2) is 4.79. The van der Waals surface area contributed by atoms with E-state index >= 15 is 0 Å². The molecule has 2 rings (SSSR count). The monoisotopic (exact) mass is 247 g/mol. The van der Waals surface area contributed by atoms with E-state index in [0.717, 1.165) is 0 Å². The first kappa shape index (κ1) is 12.0. The highest BCUT2D eigenvalue weighted by Crippen LogP contribution is 2.35. The first-order valence-electron chi connectivity index (χ1n) is 5.28. The van der Waals surface area contributed by atoms with Gasteiger partial charge in [0.15, 0.2) is 0 Å². The van der Waals surface area contributed by atoms with Gasteiger partial charge in [-0.2, -0.15) is 0 Å². The zero-order chi connectivity index (χ0) is 13.1. The van der Waals surface area contributed by atoms with E-state index in [1.165, 1.54) is 13.1 Å². The summed E-state index contributed by atoms with van der Waals surface area (Å²) >= 11 is 0. The minimum Gasteiger partial charge on any atom is -0.496 e.